The molecule has 5 rings (SSSR count). The number of halogens is 1. The monoisotopic (exact) mass is 567 g/mol. The number of nitrogens with one attached hydrogen (secondary N) is 1. The molecule has 2 aromatic rings. The second kappa shape index (κ2) is 11.4. The van der Waals surface area contributed by atoms with E-state index in [4.69, 9.17) is 16.3 Å². The summed E-state index contributed by atoms with van der Waals surface area (Å²) in [6, 6.07) is 5.45. The Hall–Kier alpha value is -3.14. The van der Waals surface area contributed by atoms with E-state index in [2.05, 4.69) is 33.4 Å². The lowest BCUT2D eigenvalue weighted by Crippen LogP contribution is -2.50. The molecule has 2 atom stereocenters. The molecule has 40 heavy (non-hydrogen) atoms. The lowest BCUT2D eigenvalue weighted by molar-refractivity contribution is -0.131. The normalized spacial score (nSPS) is 22.4. The molecule has 2 amide bonds. The van der Waals surface area contributed by atoms with Crippen LogP contribution in [0.25, 0.3) is 5.57 Å². The van der Waals surface area contributed by atoms with E-state index in [-0.39, 0.29) is 24.1 Å². The van der Waals surface area contributed by atoms with Gasteiger partial charge in [0.15, 0.2) is 0 Å². The van der Waals surface area contributed by atoms with Gasteiger partial charge in [-0.1, -0.05) is 35.4 Å². The number of ether oxygens (including phenoxy) is 1. The molecule has 3 aliphatic rings. The van der Waals surface area contributed by atoms with E-state index >= 15 is 0 Å². The number of nitrogens with zero attached hydrogens (tertiary/aromatic N) is 4. The third-order valence-electron chi connectivity index (χ3n) is 8.06. The van der Waals surface area contributed by atoms with E-state index in [9.17, 15) is 14.7 Å². The Morgan fingerprint density at radius 1 is 1.23 bits per heavy atom. The van der Waals surface area contributed by atoms with Gasteiger partial charge in [-0.3, -0.25) is 9.69 Å². The fourth-order valence-electron chi connectivity index (χ4n) is 5.56. The Labute approximate surface area is 240 Å². The molecule has 1 saturated carbocycles. The Morgan fingerprint density at radius 3 is 2.55 bits per heavy atom. The molecule has 2 aliphatic carbocycles. The Balaban J connectivity index is 1.51. The van der Waals surface area contributed by atoms with Crippen molar-refractivity contribution in [1.29, 1.82) is 0 Å². The minimum absolute atomic E-state index is 0.0472. The number of aromatic nitrogens is 2. The molecule has 1 aliphatic heterocycles. The van der Waals surface area contributed by atoms with E-state index in [0.29, 0.717) is 44.0 Å². The van der Waals surface area contributed by atoms with Crippen LogP contribution in [0.3, 0.4) is 0 Å². The maximum Gasteiger partial charge on any atom is 0.410 e. The van der Waals surface area contributed by atoms with Crippen LogP contribution in [0, 0.1) is 0 Å². The summed E-state index contributed by atoms with van der Waals surface area (Å²) < 4.78 is 7.31. The van der Waals surface area contributed by atoms with E-state index in [1.165, 1.54) is 0 Å². The first-order chi connectivity index (χ1) is 19.1. The van der Waals surface area contributed by atoms with E-state index in [1.807, 2.05) is 44.5 Å². The highest BCUT2D eigenvalue weighted by Crippen LogP contribution is 2.44. The molecule has 1 saturated heterocycles. The molecular formula is C30H38ClN5O4. The van der Waals surface area contributed by atoms with Crippen LogP contribution >= 0.6 is 11.6 Å². The summed E-state index contributed by atoms with van der Waals surface area (Å²) in [5.74, 6) is -0.379. The largest absolute Gasteiger partial charge is 0.447 e. The molecule has 9 nitrogen and oxygen atoms in total. The number of carbonyl (C=O) groups excluding carboxylic acids is 2. The molecular weight excluding hydrogens is 530 g/mol. The number of fused-ring (bicyclic) bond motifs is 1. The van der Waals surface area contributed by atoms with Gasteiger partial charge in [-0.05, 0) is 68.9 Å². The Kier molecular flexibility index (Phi) is 8.08. The number of benzene rings is 1. The predicted octanol–water partition coefficient (Wildman–Crippen LogP) is 4.39. The standard InChI is InChI=1S/C30H38ClN5O4/c1-5-20-14-24(27(26-17-32-18-34(26)4)33-28(37)30(39)8-9-30)23-16-21(31)6-7-22(23)25(15-20)35-10-12-36(13-11-35)29(38)40-19(2)3/h5-7,14,16-19,25,27,39H,8-13,15H2,1-4H3,(H,33,37)/b20-5-. The zero-order chi connectivity index (χ0) is 28.6. The highest BCUT2D eigenvalue weighted by atomic mass is 35.5. The first kappa shape index (κ1) is 28.4. The second-order valence-electron chi connectivity index (χ2n) is 11.2. The lowest BCUT2D eigenvalue weighted by Gasteiger charge is -2.39. The molecule has 10 heteroatoms. The van der Waals surface area contributed by atoms with Crippen molar-refractivity contribution in [1.82, 2.24) is 24.7 Å². The summed E-state index contributed by atoms with van der Waals surface area (Å²) in [5.41, 5.74) is 3.57. The van der Waals surface area contributed by atoms with Crippen LogP contribution in [-0.2, 0) is 16.6 Å². The van der Waals surface area contributed by atoms with E-state index in [1.54, 1.807) is 17.4 Å². The summed E-state index contributed by atoms with van der Waals surface area (Å²) in [5, 5.41) is 14.3. The van der Waals surface area contributed by atoms with Crippen molar-refractivity contribution in [2.24, 2.45) is 7.05 Å². The van der Waals surface area contributed by atoms with Gasteiger partial charge in [-0.15, -0.1) is 0 Å². The summed E-state index contributed by atoms with van der Waals surface area (Å²) >= 11 is 6.59. The smallest absolute Gasteiger partial charge is 0.410 e. The van der Waals surface area contributed by atoms with Crippen molar-refractivity contribution in [3.05, 3.63) is 70.3 Å². The maximum atomic E-state index is 13.2. The van der Waals surface area contributed by atoms with Gasteiger partial charge < -0.3 is 24.6 Å². The quantitative estimate of drug-likeness (QED) is 0.537. The van der Waals surface area contributed by atoms with Crippen molar-refractivity contribution in [3.8, 4) is 0 Å². The van der Waals surface area contributed by atoms with Crippen LogP contribution in [0.5, 0.6) is 0 Å². The number of aliphatic hydroxyl groups is 1. The Morgan fingerprint density at radius 2 is 1.95 bits per heavy atom. The number of rotatable bonds is 6. The van der Waals surface area contributed by atoms with Gasteiger partial charge in [0.05, 0.1) is 30.4 Å². The van der Waals surface area contributed by atoms with Crippen LogP contribution in [0.4, 0.5) is 4.79 Å². The molecule has 2 unspecified atom stereocenters. The summed E-state index contributed by atoms with van der Waals surface area (Å²) in [4.78, 5) is 34.2. The van der Waals surface area contributed by atoms with E-state index < -0.39 is 11.6 Å². The zero-order valence-corrected chi connectivity index (χ0v) is 24.3. The minimum atomic E-state index is -1.32. The molecule has 1 aromatic carbocycles. The molecule has 2 fully saturated rings. The summed E-state index contributed by atoms with van der Waals surface area (Å²) in [6.45, 7) is 8.33. The SMILES string of the molecule is C/C=C1/C=C(C(NC(=O)C2(O)CC2)c2cncn2C)c2cc(Cl)ccc2C(N2CCN(C(=O)OC(C)C)CC2)C1. The van der Waals surface area contributed by atoms with Crippen molar-refractivity contribution in [2.75, 3.05) is 26.2 Å². The van der Waals surface area contributed by atoms with Crippen LogP contribution < -0.4 is 5.32 Å². The average molecular weight is 568 g/mol. The Bertz CT molecular complexity index is 1340. The first-order valence-electron chi connectivity index (χ1n) is 14.0. The van der Waals surface area contributed by atoms with Gasteiger partial charge in [-0.2, -0.15) is 0 Å². The predicted molar refractivity (Wildman–Crippen MR) is 154 cm³/mol. The third-order valence-corrected chi connectivity index (χ3v) is 8.29. The van der Waals surface area contributed by atoms with Crippen LogP contribution in [0.1, 0.15) is 68.9 Å². The minimum Gasteiger partial charge on any atom is -0.447 e. The number of allylic oxidation sites excluding steroid dienone is 2. The average Bonchev–Trinajstić information content (AvgIpc) is 3.59. The number of carbonyl (C=O) groups is 2. The lowest BCUT2D eigenvalue weighted by atomic mass is 9.90. The van der Waals surface area contributed by atoms with Gasteiger partial charge in [-0.25, -0.2) is 9.78 Å². The molecule has 0 bridgehead atoms. The number of amides is 2. The number of hydrogen-bond donors (Lipinski definition) is 2. The first-order valence-corrected chi connectivity index (χ1v) is 14.3. The highest BCUT2D eigenvalue weighted by molar-refractivity contribution is 6.30. The van der Waals surface area contributed by atoms with Crippen molar-refractivity contribution >= 4 is 29.2 Å². The molecule has 2 N–H and O–H groups in total. The van der Waals surface area contributed by atoms with Gasteiger partial charge in [0.25, 0.3) is 5.91 Å². The second-order valence-corrected chi connectivity index (χ2v) is 11.7. The van der Waals surface area contributed by atoms with Crippen LogP contribution in [-0.4, -0.2) is 74.3 Å². The van der Waals surface area contributed by atoms with Gasteiger partial charge >= 0.3 is 6.09 Å². The molecule has 1 aromatic heterocycles. The van der Waals surface area contributed by atoms with Gasteiger partial charge in [0.2, 0.25) is 0 Å². The molecule has 2 heterocycles. The van der Waals surface area contributed by atoms with Crippen LogP contribution in [0.15, 0.2) is 48.4 Å². The maximum absolute atomic E-state index is 13.2. The van der Waals surface area contributed by atoms with Crippen molar-refractivity contribution in [3.63, 3.8) is 0 Å². The molecule has 214 valence electrons. The third kappa shape index (κ3) is 5.82. The fraction of sp³-hybridized carbons (Fsp3) is 0.500. The topological polar surface area (TPSA) is 99.9 Å². The van der Waals surface area contributed by atoms with Gasteiger partial charge in [0.1, 0.15) is 5.60 Å². The number of imidazole rings is 1. The molecule has 0 radical (unpaired) electrons. The van der Waals surface area contributed by atoms with Crippen molar-refractivity contribution < 1.29 is 19.4 Å². The summed E-state index contributed by atoms with van der Waals surface area (Å²) in [7, 11) is 1.90. The van der Waals surface area contributed by atoms with Crippen molar-refractivity contribution in [2.45, 2.75) is 63.8 Å². The molecule has 0 spiro atoms. The van der Waals surface area contributed by atoms with Gasteiger partial charge in [0, 0.05) is 44.3 Å². The van der Waals surface area contributed by atoms with E-state index in [0.717, 1.165) is 34.4 Å². The number of aryl methyl sites for hydroxylation is 1. The van der Waals surface area contributed by atoms with Crippen LogP contribution in [0.2, 0.25) is 5.02 Å². The number of hydrogen-bond acceptors (Lipinski definition) is 6. The highest BCUT2D eigenvalue weighted by Gasteiger charge is 2.49. The summed E-state index contributed by atoms with van der Waals surface area (Å²) in [6.07, 6.45) is 8.95. The fourth-order valence-corrected chi connectivity index (χ4v) is 5.74. The number of piperazine rings is 1. The zero-order valence-electron chi connectivity index (χ0n) is 23.6.